The first-order valence-corrected chi connectivity index (χ1v) is 14.0. The highest BCUT2D eigenvalue weighted by molar-refractivity contribution is 5.92. The Bertz CT molecular complexity index is 878. The zero-order valence-corrected chi connectivity index (χ0v) is 24.7. The van der Waals surface area contributed by atoms with E-state index in [1.165, 1.54) is 0 Å². The van der Waals surface area contributed by atoms with Crippen LogP contribution in [-0.2, 0) is 14.3 Å². The molecule has 0 saturated heterocycles. The van der Waals surface area contributed by atoms with Gasteiger partial charge in [0.25, 0.3) is 0 Å². The minimum Gasteiger partial charge on any atom is -0.444 e. The van der Waals surface area contributed by atoms with E-state index in [2.05, 4.69) is 24.5 Å². The number of unbranched alkanes of at least 4 members (excludes halogenated alkanes) is 3. The standard InChI is InChI=1S/C30H51N3O4/c1-10-13-15-19-33(28(35)25(22(5)12-3)32-29(36)37-30(7,8)9)26(27(34)31-18-14-11-2)24-20-21(4)16-17-23(24)6/h16-17,20,22,25-26H,10-15,18-19H2,1-9H3,(H,31,34)(H,32,36). The smallest absolute Gasteiger partial charge is 0.408 e. The molecule has 2 N–H and O–H groups in total. The summed E-state index contributed by atoms with van der Waals surface area (Å²) in [7, 11) is 0. The lowest BCUT2D eigenvalue weighted by Gasteiger charge is -2.36. The van der Waals surface area contributed by atoms with Crippen molar-refractivity contribution in [2.45, 2.75) is 119 Å². The molecule has 0 aliphatic rings. The maximum Gasteiger partial charge on any atom is 0.408 e. The summed E-state index contributed by atoms with van der Waals surface area (Å²) in [6.07, 6.45) is 4.58. The number of hydrogen-bond donors (Lipinski definition) is 2. The van der Waals surface area contributed by atoms with Gasteiger partial charge in [0.05, 0.1) is 0 Å². The highest BCUT2D eigenvalue weighted by Crippen LogP contribution is 2.28. The predicted octanol–water partition coefficient (Wildman–Crippen LogP) is 6.22. The molecule has 0 spiro atoms. The van der Waals surface area contributed by atoms with E-state index in [4.69, 9.17) is 4.74 Å². The van der Waals surface area contributed by atoms with Crippen LogP contribution in [0.25, 0.3) is 0 Å². The van der Waals surface area contributed by atoms with Gasteiger partial charge in [-0.05, 0) is 64.5 Å². The minimum atomic E-state index is -0.808. The molecule has 0 bridgehead atoms. The summed E-state index contributed by atoms with van der Waals surface area (Å²) >= 11 is 0. The lowest BCUT2D eigenvalue weighted by molar-refractivity contribution is -0.143. The molecular formula is C30H51N3O4. The van der Waals surface area contributed by atoms with Gasteiger partial charge in [-0.25, -0.2) is 4.79 Å². The van der Waals surface area contributed by atoms with Gasteiger partial charge in [0, 0.05) is 13.1 Å². The summed E-state index contributed by atoms with van der Waals surface area (Å²) in [4.78, 5) is 42.4. The zero-order valence-electron chi connectivity index (χ0n) is 24.7. The van der Waals surface area contributed by atoms with Crippen LogP contribution in [-0.4, -0.2) is 47.5 Å². The van der Waals surface area contributed by atoms with Crippen LogP contribution in [0.3, 0.4) is 0 Å². The topological polar surface area (TPSA) is 87.7 Å². The molecule has 3 amide bonds. The van der Waals surface area contributed by atoms with Crippen molar-refractivity contribution in [2.75, 3.05) is 13.1 Å². The van der Waals surface area contributed by atoms with Crippen LogP contribution < -0.4 is 10.6 Å². The molecule has 0 fully saturated rings. The molecule has 3 atom stereocenters. The van der Waals surface area contributed by atoms with Crippen LogP contribution in [0.5, 0.6) is 0 Å². The highest BCUT2D eigenvalue weighted by Gasteiger charge is 2.38. The van der Waals surface area contributed by atoms with E-state index in [-0.39, 0.29) is 17.7 Å². The second kappa shape index (κ2) is 15.6. The van der Waals surface area contributed by atoms with Gasteiger partial charge >= 0.3 is 6.09 Å². The molecule has 7 nitrogen and oxygen atoms in total. The Kier molecular flexibility index (Phi) is 13.7. The van der Waals surface area contributed by atoms with E-state index < -0.39 is 23.8 Å². The average Bonchev–Trinajstić information content (AvgIpc) is 2.82. The van der Waals surface area contributed by atoms with Gasteiger partial charge in [0.2, 0.25) is 11.8 Å². The third-order valence-corrected chi connectivity index (χ3v) is 6.56. The van der Waals surface area contributed by atoms with Crippen molar-refractivity contribution in [1.29, 1.82) is 0 Å². The lowest BCUT2D eigenvalue weighted by Crippen LogP contribution is -2.55. The molecule has 1 aromatic carbocycles. The summed E-state index contributed by atoms with van der Waals surface area (Å²) < 4.78 is 5.48. The number of amides is 3. The Morgan fingerprint density at radius 3 is 2.22 bits per heavy atom. The fraction of sp³-hybridized carbons (Fsp3) is 0.700. The van der Waals surface area contributed by atoms with Gasteiger partial charge in [-0.2, -0.15) is 0 Å². The third-order valence-electron chi connectivity index (χ3n) is 6.56. The first-order chi connectivity index (χ1) is 17.4. The minimum absolute atomic E-state index is 0.142. The molecule has 0 aliphatic carbocycles. The first kappa shape index (κ1) is 32.5. The number of carbonyl (C=O) groups is 3. The SMILES string of the molecule is CCCCCN(C(=O)C(NC(=O)OC(C)(C)C)C(C)CC)C(C(=O)NCCCC)c1cc(C)ccc1C. The van der Waals surface area contributed by atoms with Crippen molar-refractivity contribution in [2.24, 2.45) is 5.92 Å². The number of benzene rings is 1. The number of ether oxygens (including phenoxy) is 1. The maximum atomic E-state index is 14.3. The van der Waals surface area contributed by atoms with E-state index in [0.29, 0.717) is 19.5 Å². The number of rotatable bonds is 14. The van der Waals surface area contributed by atoms with Crippen molar-refractivity contribution < 1.29 is 19.1 Å². The Morgan fingerprint density at radius 2 is 1.65 bits per heavy atom. The van der Waals surface area contributed by atoms with Crippen LogP contribution in [0.1, 0.15) is 110 Å². The second-order valence-corrected chi connectivity index (χ2v) is 11.2. The van der Waals surface area contributed by atoms with Gasteiger partial charge in [0.15, 0.2) is 0 Å². The monoisotopic (exact) mass is 517 g/mol. The molecule has 7 heteroatoms. The number of alkyl carbamates (subject to hydrolysis) is 1. The number of carbonyl (C=O) groups excluding carboxylic acids is 3. The summed E-state index contributed by atoms with van der Waals surface area (Å²) in [5.74, 6) is -0.587. The number of aryl methyl sites for hydroxylation is 2. The summed E-state index contributed by atoms with van der Waals surface area (Å²) in [5.41, 5.74) is 2.11. The second-order valence-electron chi connectivity index (χ2n) is 11.2. The maximum absolute atomic E-state index is 14.3. The van der Waals surface area contributed by atoms with E-state index in [0.717, 1.165) is 48.8 Å². The Hall–Kier alpha value is -2.57. The third kappa shape index (κ3) is 10.7. The molecule has 0 radical (unpaired) electrons. The van der Waals surface area contributed by atoms with Crippen molar-refractivity contribution in [3.63, 3.8) is 0 Å². The highest BCUT2D eigenvalue weighted by atomic mass is 16.6. The quantitative estimate of drug-likeness (QED) is 0.287. The molecular weight excluding hydrogens is 466 g/mol. The van der Waals surface area contributed by atoms with E-state index in [9.17, 15) is 14.4 Å². The summed E-state index contributed by atoms with van der Waals surface area (Å²) in [6, 6.07) is 4.42. The molecule has 3 unspecified atom stereocenters. The average molecular weight is 518 g/mol. The number of nitrogens with zero attached hydrogens (tertiary/aromatic N) is 1. The largest absolute Gasteiger partial charge is 0.444 e. The van der Waals surface area contributed by atoms with Crippen molar-refractivity contribution in [1.82, 2.24) is 15.5 Å². The summed E-state index contributed by atoms with van der Waals surface area (Å²) in [6.45, 7) is 18.4. The Labute approximate surface area is 225 Å². The van der Waals surface area contributed by atoms with E-state index in [1.807, 2.05) is 45.9 Å². The van der Waals surface area contributed by atoms with E-state index in [1.54, 1.807) is 25.7 Å². The number of nitrogens with one attached hydrogen (secondary N) is 2. The van der Waals surface area contributed by atoms with Gasteiger partial charge in [-0.15, -0.1) is 0 Å². The van der Waals surface area contributed by atoms with Crippen LogP contribution in [0.2, 0.25) is 0 Å². The zero-order chi connectivity index (χ0) is 28.2. The van der Waals surface area contributed by atoms with Crippen molar-refractivity contribution in [3.8, 4) is 0 Å². The van der Waals surface area contributed by atoms with Crippen LogP contribution >= 0.6 is 0 Å². The molecule has 210 valence electrons. The molecule has 0 aromatic heterocycles. The molecule has 0 saturated carbocycles. The van der Waals surface area contributed by atoms with Gasteiger partial charge in [0.1, 0.15) is 17.7 Å². The van der Waals surface area contributed by atoms with Gasteiger partial charge < -0.3 is 20.3 Å². The fourth-order valence-corrected chi connectivity index (χ4v) is 4.19. The molecule has 1 rings (SSSR count). The molecule has 0 aliphatic heterocycles. The van der Waals surface area contributed by atoms with Crippen LogP contribution in [0.15, 0.2) is 18.2 Å². The normalized spacial score (nSPS) is 13.9. The van der Waals surface area contributed by atoms with Gasteiger partial charge in [-0.1, -0.05) is 77.1 Å². The van der Waals surface area contributed by atoms with Crippen molar-refractivity contribution >= 4 is 17.9 Å². The molecule has 0 heterocycles. The Morgan fingerprint density at radius 1 is 1.00 bits per heavy atom. The first-order valence-electron chi connectivity index (χ1n) is 14.0. The molecule has 37 heavy (non-hydrogen) atoms. The van der Waals surface area contributed by atoms with Gasteiger partial charge in [-0.3, -0.25) is 9.59 Å². The van der Waals surface area contributed by atoms with E-state index >= 15 is 0 Å². The van der Waals surface area contributed by atoms with Crippen molar-refractivity contribution in [3.05, 3.63) is 34.9 Å². The fourth-order valence-electron chi connectivity index (χ4n) is 4.19. The Balaban J connectivity index is 3.55. The number of hydrogen-bond acceptors (Lipinski definition) is 4. The van der Waals surface area contributed by atoms with Crippen LogP contribution in [0, 0.1) is 19.8 Å². The lowest BCUT2D eigenvalue weighted by atomic mass is 9.93. The predicted molar refractivity (Wildman–Crippen MR) is 150 cm³/mol. The summed E-state index contributed by atoms with van der Waals surface area (Å²) in [5, 5.41) is 5.90. The van der Waals surface area contributed by atoms with Crippen LogP contribution in [0.4, 0.5) is 4.79 Å². The molecule has 1 aromatic rings.